The highest BCUT2D eigenvalue weighted by molar-refractivity contribution is 5.69. The largest absolute Gasteiger partial charge is 0.338 e. The van der Waals surface area contributed by atoms with E-state index in [1.165, 1.54) is 0 Å². The molecule has 1 atom stereocenters. The standard InChI is InChI=1S/C7H17N3/c1-5(2)4-6(3)10-7(8)9/h5-6H,4H2,1-3H3,(H4,8,9,10)/p+1. The van der Waals surface area contributed by atoms with Crippen molar-refractivity contribution >= 4 is 5.96 Å². The molecule has 60 valence electrons. The fourth-order valence-electron chi connectivity index (χ4n) is 1.05. The third-order valence-corrected chi connectivity index (χ3v) is 1.24. The maximum absolute atomic E-state index is 5.25. The number of nitrogens with two attached hydrogens (primary N) is 2. The van der Waals surface area contributed by atoms with Crippen molar-refractivity contribution in [2.24, 2.45) is 17.4 Å². The molecule has 0 saturated carbocycles. The van der Waals surface area contributed by atoms with Crippen LogP contribution in [0.15, 0.2) is 0 Å². The molecule has 0 radical (unpaired) electrons. The lowest BCUT2D eigenvalue weighted by Gasteiger charge is -2.06. The van der Waals surface area contributed by atoms with Crippen molar-refractivity contribution in [1.29, 1.82) is 0 Å². The van der Waals surface area contributed by atoms with Crippen LogP contribution < -0.4 is 16.5 Å². The summed E-state index contributed by atoms with van der Waals surface area (Å²) in [5.41, 5.74) is 10.5. The van der Waals surface area contributed by atoms with Crippen molar-refractivity contribution in [1.82, 2.24) is 0 Å². The Labute approximate surface area is 62.5 Å². The molecular formula is C7H18N3+. The third kappa shape index (κ3) is 5.41. The van der Waals surface area contributed by atoms with Crippen LogP contribution in [0.2, 0.25) is 0 Å². The van der Waals surface area contributed by atoms with E-state index in [0.29, 0.717) is 17.9 Å². The van der Waals surface area contributed by atoms with Gasteiger partial charge in [0.15, 0.2) is 0 Å². The van der Waals surface area contributed by atoms with Gasteiger partial charge in [-0.2, -0.15) is 0 Å². The second-order valence-electron chi connectivity index (χ2n) is 3.13. The fourth-order valence-corrected chi connectivity index (χ4v) is 1.05. The lowest BCUT2D eigenvalue weighted by Crippen LogP contribution is -2.83. The zero-order chi connectivity index (χ0) is 8.15. The molecular weight excluding hydrogens is 126 g/mol. The smallest absolute Gasteiger partial charge is 0.291 e. The summed E-state index contributed by atoms with van der Waals surface area (Å²) in [4.78, 5) is 2.95. The van der Waals surface area contributed by atoms with Crippen molar-refractivity contribution in [2.45, 2.75) is 33.2 Å². The molecule has 0 heterocycles. The van der Waals surface area contributed by atoms with E-state index >= 15 is 0 Å². The normalized spacial score (nSPS) is 13.2. The van der Waals surface area contributed by atoms with E-state index in [-0.39, 0.29) is 0 Å². The van der Waals surface area contributed by atoms with Gasteiger partial charge in [-0.3, -0.25) is 16.5 Å². The third-order valence-electron chi connectivity index (χ3n) is 1.24. The molecule has 0 aliphatic heterocycles. The summed E-state index contributed by atoms with van der Waals surface area (Å²) in [6.45, 7) is 6.41. The highest BCUT2D eigenvalue weighted by Crippen LogP contribution is 1.99. The summed E-state index contributed by atoms with van der Waals surface area (Å²) in [5.74, 6) is 0.995. The first-order valence-electron chi connectivity index (χ1n) is 3.66. The lowest BCUT2D eigenvalue weighted by atomic mass is 10.1. The van der Waals surface area contributed by atoms with E-state index in [1.807, 2.05) is 0 Å². The van der Waals surface area contributed by atoms with E-state index in [1.54, 1.807) is 0 Å². The zero-order valence-corrected chi connectivity index (χ0v) is 7.02. The van der Waals surface area contributed by atoms with Crippen LogP contribution in [0.5, 0.6) is 0 Å². The maximum Gasteiger partial charge on any atom is 0.338 e. The molecule has 0 fully saturated rings. The number of hydrogen-bond donors (Lipinski definition) is 3. The van der Waals surface area contributed by atoms with Crippen molar-refractivity contribution in [3.05, 3.63) is 0 Å². The Hall–Kier alpha value is -0.730. The van der Waals surface area contributed by atoms with Crippen molar-refractivity contribution < 1.29 is 4.99 Å². The van der Waals surface area contributed by atoms with Gasteiger partial charge in [0.2, 0.25) is 0 Å². The molecule has 3 nitrogen and oxygen atoms in total. The molecule has 0 bridgehead atoms. The van der Waals surface area contributed by atoms with Crippen LogP contribution in [-0.4, -0.2) is 12.0 Å². The Morgan fingerprint density at radius 1 is 1.30 bits per heavy atom. The van der Waals surface area contributed by atoms with Crippen molar-refractivity contribution in [3.63, 3.8) is 0 Å². The fraction of sp³-hybridized carbons (Fsp3) is 0.857. The molecule has 0 aliphatic rings. The number of rotatable bonds is 3. The van der Waals surface area contributed by atoms with E-state index in [0.717, 1.165) is 6.42 Å². The Morgan fingerprint density at radius 3 is 2.10 bits per heavy atom. The predicted molar refractivity (Wildman–Crippen MR) is 43.3 cm³/mol. The zero-order valence-electron chi connectivity index (χ0n) is 7.02. The van der Waals surface area contributed by atoms with Gasteiger partial charge in [-0.1, -0.05) is 13.8 Å². The Balaban J connectivity index is 3.64. The van der Waals surface area contributed by atoms with Crippen LogP contribution in [0, 0.1) is 5.92 Å². The van der Waals surface area contributed by atoms with Gasteiger partial charge in [0.1, 0.15) is 0 Å². The van der Waals surface area contributed by atoms with Gasteiger partial charge in [0, 0.05) is 0 Å². The summed E-state index contributed by atoms with van der Waals surface area (Å²) >= 11 is 0. The van der Waals surface area contributed by atoms with E-state index in [9.17, 15) is 0 Å². The average Bonchev–Trinajstić information content (AvgIpc) is 1.58. The van der Waals surface area contributed by atoms with Gasteiger partial charge >= 0.3 is 5.96 Å². The van der Waals surface area contributed by atoms with Gasteiger partial charge in [0.05, 0.1) is 6.04 Å². The molecule has 10 heavy (non-hydrogen) atoms. The molecule has 0 aromatic rings. The van der Waals surface area contributed by atoms with Crippen LogP contribution >= 0.6 is 0 Å². The van der Waals surface area contributed by atoms with E-state index in [4.69, 9.17) is 11.5 Å². The molecule has 0 aromatic carbocycles. The summed E-state index contributed by atoms with van der Waals surface area (Å²) in [6.07, 6.45) is 1.10. The molecule has 0 amide bonds. The summed E-state index contributed by atoms with van der Waals surface area (Å²) in [7, 11) is 0. The number of guanidine groups is 1. The average molecular weight is 144 g/mol. The Kier molecular flexibility index (Phi) is 3.84. The quantitative estimate of drug-likeness (QED) is 0.343. The number of nitrogens with one attached hydrogen (secondary N) is 1. The highest BCUT2D eigenvalue weighted by atomic mass is 15.0. The van der Waals surface area contributed by atoms with Crippen LogP contribution in [0.1, 0.15) is 27.2 Å². The molecule has 3 heteroatoms. The van der Waals surface area contributed by atoms with Crippen LogP contribution in [0.4, 0.5) is 0 Å². The second-order valence-corrected chi connectivity index (χ2v) is 3.13. The number of hydrogen-bond acceptors (Lipinski definition) is 0. The van der Waals surface area contributed by atoms with Crippen molar-refractivity contribution in [2.75, 3.05) is 0 Å². The van der Waals surface area contributed by atoms with Crippen LogP contribution in [0.25, 0.3) is 0 Å². The van der Waals surface area contributed by atoms with Gasteiger partial charge in [-0.15, -0.1) is 0 Å². The topological polar surface area (TPSA) is 66.0 Å². The molecule has 1 unspecified atom stereocenters. The van der Waals surface area contributed by atoms with Crippen LogP contribution in [-0.2, 0) is 0 Å². The monoisotopic (exact) mass is 144 g/mol. The van der Waals surface area contributed by atoms with Gasteiger partial charge in [-0.25, -0.2) is 0 Å². The molecule has 5 N–H and O–H groups in total. The first-order valence-corrected chi connectivity index (χ1v) is 3.66. The first-order chi connectivity index (χ1) is 4.52. The SMILES string of the molecule is CC(C)CC(C)[NH+]=C(N)N. The van der Waals surface area contributed by atoms with E-state index < -0.39 is 0 Å². The van der Waals surface area contributed by atoms with Gasteiger partial charge in [-0.05, 0) is 19.3 Å². The molecule has 0 rings (SSSR count). The summed E-state index contributed by atoms with van der Waals surface area (Å²) in [6, 6.07) is 0.380. The van der Waals surface area contributed by atoms with Crippen LogP contribution in [0.3, 0.4) is 0 Å². The Morgan fingerprint density at radius 2 is 1.80 bits per heavy atom. The molecule has 0 aromatic heterocycles. The lowest BCUT2D eigenvalue weighted by molar-refractivity contribution is -0.502. The summed E-state index contributed by atoms with van der Waals surface area (Å²) in [5, 5.41) is 0. The molecule has 0 aliphatic carbocycles. The minimum atomic E-state index is 0.313. The highest BCUT2D eigenvalue weighted by Gasteiger charge is 2.03. The minimum Gasteiger partial charge on any atom is -0.291 e. The minimum absolute atomic E-state index is 0.313. The first kappa shape index (κ1) is 9.27. The maximum atomic E-state index is 5.25. The van der Waals surface area contributed by atoms with Crippen molar-refractivity contribution in [3.8, 4) is 0 Å². The van der Waals surface area contributed by atoms with E-state index in [2.05, 4.69) is 25.8 Å². The summed E-state index contributed by atoms with van der Waals surface area (Å²) < 4.78 is 0. The Bertz CT molecular complexity index is 114. The molecule has 0 saturated heterocycles. The van der Waals surface area contributed by atoms with Gasteiger partial charge < -0.3 is 0 Å². The second kappa shape index (κ2) is 4.14. The predicted octanol–water partition coefficient (Wildman–Crippen LogP) is -1.22. The van der Waals surface area contributed by atoms with Gasteiger partial charge in [0.25, 0.3) is 0 Å². The molecule has 0 spiro atoms.